The van der Waals surface area contributed by atoms with E-state index in [4.69, 9.17) is 0 Å². The molecule has 3 aromatic heterocycles. The maximum absolute atomic E-state index is 13.0. The van der Waals surface area contributed by atoms with Gasteiger partial charge in [-0.1, -0.05) is 23.5 Å². The fourth-order valence-corrected chi connectivity index (χ4v) is 3.62. The highest BCUT2D eigenvalue weighted by atomic mass is 32.1. The third-order valence-electron chi connectivity index (χ3n) is 4.03. The second kappa shape index (κ2) is 6.49. The highest BCUT2D eigenvalue weighted by Crippen LogP contribution is 2.28. The minimum atomic E-state index is -0.0712. The van der Waals surface area contributed by atoms with Crippen LogP contribution in [0.3, 0.4) is 0 Å². The number of fused-ring (bicyclic) bond motifs is 1. The van der Waals surface area contributed by atoms with E-state index in [1.54, 1.807) is 24.3 Å². The number of hydrogen-bond donors (Lipinski definition) is 0. The van der Waals surface area contributed by atoms with Crippen molar-refractivity contribution >= 4 is 32.6 Å². The lowest BCUT2D eigenvalue weighted by Crippen LogP contribution is -2.28. The van der Waals surface area contributed by atoms with Gasteiger partial charge in [0.1, 0.15) is 5.69 Å². The van der Waals surface area contributed by atoms with Crippen molar-refractivity contribution < 1.29 is 4.79 Å². The maximum atomic E-state index is 13.0. The molecule has 0 spiro atoms. The van der Waals surface area contributed by atoms with Gasteiger partial charge in [-0.3, -0.25) is 14.7 Å². The van der Waals surface area contributed by atoms with Crippen LogP contribution in [-0.2, 0) is 6.54 Å². The average molecular weight is 348 g/mol. The number of benzene rings is 1. The topological polar surface area (TPSA) is 51.0 Å². The normalized spacial score (nSPS) is 10.9. The largest absolute Gasteiger partial charge is 0.339 e. The first kappa shape index (κ1) is 15.5. The molecule has 3 heterocycles. The Labute approximate surface area is 149 Å². The number of carbonyl (C=O) groups is 1. The molecule has 6 heteroatoms. The number of rotatable bonds is 4. The van der Waals surface area contributed by atoms with Gasteiger partial charge in [0, 0.05) is 32.2 Å². The van der Waals surface area contributed by atoms with Gasteiger partial charge in [0.25, 0.3) is 5.91 Å². The molecule has 0 saturated heterocycles. The summed E-state index contributed by atoms with van der Waals surface area (Å²) < 4.78 is 3.02. The first-order valence-corrected chi connectivity index (χ1v) is 8.72. The highest BCUT2D eigenvalue weighted by molar-refractivity contribution is 7.22. The highest BCUT2D eigenvalue weighted by Gasteiger charge is 2.20. The van der Waals surface area contributed by atoms with Gasteiger partial charge in [0.2, 0.25) is 0 Å². The predicted molar refractivity (Wildman–Crippen MR) is 100 cm³/mol. The van der Waals surface area contributed by atoms with Gasteiger partial charge in [-0.05, 0) is 42.0 Å². The van der Waals surface area contributed by atoms with E-state index in [1.165, 1.54) is 11.3 Å². The van der Waals surface area contributed by atoms with Crippen molar-refractivity contribution in [3.63, 3.8) is 0 Å². The number of pyridine rings is 1. The van der Waals surface area contributed by atoms with Crippen molar-refractivity contribution in [2.45, 2.75) is 6.54 Å². The van der Waals surface area contributed by atoms with Gasteiger partial charge < -0.3 is 4.57 Å². The zero-order chi connectivity index (χ0) is 17.2. The predicted octanol–water partition coefficient (Wildman–Crippen LogP) is 3.82. The molecule has 1 aromatic carbocycles. The quantitative estimate of drug-likeness (QED) is 0.563. The number of anilines is 1. The smallest absolute Gasteiger partial charge is 0.276 e. The molecule has 4 rings (SSSR count). The van der Waals surface area contributed by atoms with Gasteiger partial charge in [-0.15, -0.1) is 0 Å². The van der Waals surface area contributed by atoms with E-state index in [2.05, 4.69) is 9.97 Å². The molecule has 124 valence electrons. The van der Waals surface area contributed by atoms with Crippen LogP contribution in [0.5, 0.6) is 0 Å². The molecule has 0 aliphatic heterocycles. The molecule has 1 amide bonds. The van der Waals surface area contributed by atoms with E-state index < -0.39 is 0 Å². The fourth-order valence-electron chi connectivity index (χ4n) is 2.69. The average Bonchev–Trinajstić information content (AvgIpc) is 3.28. The van der Waals surface area contributed by atoms with Crippen molar-refractivity contribution in [1.29, 1.82) is 0 Å². The summed E-state index contributed by atoms with van der Waals surface area (Å²) in [6, 6.07) is 15.5. The lowest BCUT2D eigenvalue weighted by Gasteiger charge is -2.15. The van der Waals surface area contributed by atoms with Crippen molar-refractivity contribution in [2.75, 3.05) is 11.9 Å². The number of amides is 1. The molecule has 0 fully saturated rings. The van der Waals surface area contributed by atoms with Crippen LogP contribution < -0.4 is 4.90 Å². The first-order valence-electron chi connectivity index (χ1n) is 7.90. The Hall–Kier alpha value is -2.99. The van der Waals surface area contributed by atoms with Crippen LogP contribution in [0.4, 0.5) is 5.13 Å². The zero-order valence-corrected chi connectivity index (χ0v) is 14.5. The second-order valence-electron chi connectivity index (χ2n) is 5.71. The van der Waals surface area contributed by atoms with Gasteiger partial charge in [0.05, 0.1) is 10.2 Å². The molecule has 0 saturated carbocycles. The first-order chi connectivity index (χ1) is 12.2. The Morgan fingerprint density at radius 2 is 1.92 bits per heavy atom. The Kier molecular flexibility index (Phi) is 4.03. The van der Waals surface area contributed by atoms with E-state index in [9.17, 15) is 4.79 Å². The summed E-state index contributed by atoms with van der Waals surface area (Å²) in [5.41, 5.74) is 2.65. The monoisotopic (exact) mass is 348 g/mol. The number of hydrogen-bond acceptors (Lipinski definition) is 4. The Morgan fingerprint density at radius 1 is 1.12 bits per heavy atom. The summed E-state index contributed by atoms with van der Waals surface area (Å²) >= 11 is 1.52. The molecule has 0 N–H and O–H groups in total. The number of carbonyl (C=O) groups excluding carboxylic acids is 1. The molecule has 0 aliphatic carbocycles. The summed E-state index contributed by atoms with van der Waals surface area (Å²) in [4.78, 5) is 23.2. The summed E-state index contributed by atoms with van der Waals surface area (Å²) in [6.45, 7) is 0.629. The minimum Gasteiger partial charge on any atom is -0.339 e. The number of para-hydroxylation sites is 1. The Morgan fingerprint density at radius 3 is 2.72 bits per heavy atom. The molecule has 0 bridgehead atoms. The second-order valence-corrected chi connectivity index (χ2v) is 6.71. The van der Waals surface area contributed by atoms with Gasteiger partial charge in [-0.2, -0.15) is 0 Å². The summed E-state index contributed by atoms with van der Waals surface area (Å²) in [5, 5.41) is 0.697. The molecule has 0 aliphatic rings. The lowest BCUT2D eigenvalue weighted by molar-refractivity contribution is 0.0984. The van der Waals surface area contributed by atoms with E-state index in [0.29, 0.717) is 17.4 Å². The molecular weight excluding hydrogens is 332 g/mol. The Bertz CT molecular complexity index is 989. The van der Waals surface area contributed by atoms with Gasteiger partial charge in [0.15, 0.2) is 5.13 Å². The molecule has 25 heavy (non-hydrogen) atoms. The van der Waals surface area contributed by atoms with E-state index in [0.717, 1.165) is 15.8 Å². The minimum absolute atomic E-state index is 0.0712. The summed E-state index contributed by atoms with van der Waals surface area (Å²) in [5.74, 6) is -0.0712. The van der Waals surface area contributed by atoms with E-state index in [-0.39, 0.29) is 5.91 Å². The van der Waals surface area contributed by atoms with Crippen LogP contribution in [-0.4, -0.2) is 27.5 Å². The van der Waals surface area contributed by atoms with Crippen molar-refractivity contribution in [1.82, 2.24) is 14.5 Å². The molecule has 0 atom stereocenters. The fraction of sp³-hybridized carbons (Fsp3) is 0.105. The zero-order valence-electron chi connectivity index (χ0n) is 13.7. The lowest BCUT2D eigenvalue weighted by atomic mass is 10.2. The van der Waals surface area contributed by atoms with Crippen molar-refractivity contribution in [3.05, 3.63) is 78.4 Å². The number of nitrogens with zero attached hydrogens (tertiary/aromatic N) is 4. The summed E-state index contributed by atoms with van der Waals surface area (Å²) in [6.07, 6.45) is 5.43. The number of aromatic nitrogens is 3. The molecule has 0 unspecified atom stereocenters. The standard InChI is InChI=1S/C19H16N4OS/c1-22(19-21-15-5-2-3-7-17(15)25-19)18(24)16-6-4-12-23(16)13-14-8-10-20-11-9-14/h2-12H,13H2,1H3. The van der Waals surface area contributed by atoms with Crippen molar-refractivity contribution in [3.8, 4) is 0 Å². The van der Waals surface area contributed by atoms with Crippen LogP contribution in [0.25, 0.3) is 10.2 Å². The maximum Gasteiger partial charge on any atom is 0.276 e. The van der Waals surface area contributed by atoms with Crippen molar-refractivity contribution in [2.24, 2.45) is 0 Å². The van der Waals surface area contributed by atoms with Crippen LogP contribution in [0.15, 0.2) is 67.1 Å². The number of thiazole rings is 1. The molecule has 5 nitrogen and oxygen atoms in total. The van der Waals surface area contributed by atoms with Gasteiger partial charge in [-0.25, -0.2) is 4.98 Å². The van der Waals surface area contributed by atoms with Crippen LogP contribution in [0, 0.1) is 0 Å². The SMILES string of the molecule is CN(C(=O)c1cccn1Cc1ccncc1)c1nc2ccccc2s1. The van der Waals surface area contributed by atoms with Crippen LogP contribution >= 0.6 is 11.3 Å². The summed E-state index contributed by atoms with van der Waals surface area (Å²) in [7, 11) is 1.77. The molecule has 4 aromatic rings. The molecular formula is C19H16N4OS. The third-order valence-corrected chi connectivity index (χ3v) is 5.14. The Balaban J connectivity index is 1.61. The van der Waals surface area contributed by atoms with Crippen LogP contribution in [0.2, 0.25) is 0 Å². The van der Waals surface area contributed by atoms with Crippen LogP contribution in [0.1, 0.15) is 16.1 Å². The third kappa shape index (κ3) is 3.04. The molecule has 0 radical (unpaired) electrons. The van der Waals surface area contributed by atoms with Gasteiger partial charge >= 0.3 is 0 Å². The van der Waals surface area contributed by atoms with E-state index >= 15 is 0 Å². The van der Waals surface area contributed by atoms with E-state index in [1.807, 2.05) is 59.3 Å².